The van der Waals surface area contributed by atoms with Gasteiger partial charge in [-0.25, -0.2) is 8.78 Å². The summed E-state index contributed by atoms with van der Waals surface area (Å²) in [7, 11) is 1.60. The lowest BCUT2D eigenvalue weighted by Gasteiger charge is -2.41. The van der Waals surface area contributed by atoms with Gasteiger partial charge in [-0.05, 0) is 61.9 Å². The summed E-state index contributed by atoms with van der Waals surface area (Å²) in [4.78, 5) is 27.6. The van der Waals surface area contributed by atoms with E-state index in [1.165, 1.54) is 12.1 Å². The lowest BCUT2D eigenvalue weighted by molar-refractivity contribution is -0.160. The van der Waals surface area contributed by atoms with Crippen LogP contribution in [0.25, 0.3) is 0 Å². The second-order valence-corrected chi connectivity index (χ2v) is 8.18. The Kier molecular flexibility index (Phi) is 7.83. The van der Waals surface area contributed by atoms with Crippen LogP contribution in [0.15, 0.2) is 42.5 Å². The topological polar surface area (TPSA) is 55.8 Å². The molecule has 1 fully saturated rings. The van der Waals surface area contributed by atoms with Crippen LogP contribution in [0, 0.1) is 17.0 Å². The molecule has 0 saturated carbocycles. The number of halogens is 2. The largest absolute Gasteiger partial charge is 0.497 e. The number of carbonyl (C=O) groups is 2. The fourth-order valence-electron chi connectivity index (χ4n) is 4.24. The van der Waals surface area contributed by atoms with E-state index in [-0.39, 0.29) is 31.0 Å². The molecule has 0 aromatic heterocycles. The Morgan fingerprint density at radius 2 is 1.88 bits per heavy atom. The third kappa shape index (κ3) is 5.64. The summed E-state index contributed by atoms with van der Waals surface area (Å²) in [6.45, 7) is 2.60. The van der Waals surface area contributed by atoms with Gasteiger partial charge in [-0.3, -0.25) is 9.59 Å². The number of piperidine rings is 1. The Labute approximate surface area is 187 Å². The van der Waals surface area contributed by atoms with Gasteiger partial charge in [-0.1, -0.05) is 18.2 Å². The monoisotopic (exact) mass is 445 g/mol. The number of hydrogen-bond donors (Lipinski definition) is 0. The van der Waals surface area contributed by atoms with Crippen molar-refractivity contribution in [1.82, 2.24) is 4.90 Å². The maximum atomic E-state index is 14.4. The van der Waals surface area contributed by atoms with Gasteiger partial charge in [0.15, 0.2) is 0 Å². The van der Waals surface area contributed by atoms with Crippen molar-refractivity contribution in [2.75, 3.05) is 26.8 Å². The lowest BCUT2D eigenvalue weighted by atomic mass is 9.74. The molecule has 172 valence electrons. The van der Waals surface area contributed by atoms with Crippen LogP contribution in [0.2, 0.25) is 0 Å². The zero-order chi connectivity index (χ0) is 23.1. The van der Waals surface area contributed by atoms with E-state index in [0.29, 0.717) is 32.2 Å². The van der Waals surface area contributed by atoms with E-state index in [1.807, 2.05) is 24.3 Å². The minimum absolute atomic E-state index is 0.0558. The first kappa shape index (κ1) is 23.7. The van der Waals surface area contributed by atoms with Gasteiger partial charge in [-0.2, -0.15) is 0 Å². The van der Waals surface area contributed by atoms with Crippen molar-refractivity contribution in [2.45, 2.75) is 39.0 Å². The van der Waals surface area contributed by atoms with Crippen molar-refractivity contribution in [1.29, 1.82) is 0 Å². The van der Waals surface area contributed by atoms with Gasteiger partial charge in [0.05, 0.1) is 19.1 Å². The third-order valence-corrected chi connectivity index (χ3v) is 5.97. The molecule has 1 heterocycles. The molecule has 7 heteroatoms. The smallest absolute Gasteiger partial charge is 0.314 e. The Morgan fingerprint density at radius 1 is 1.12 bits per heavy atom. The molecule has 32 heavy (non-hydrogen) atoms. The van der Waals surface area contributed by atoms with E-state index < -0.39 is 23.0 Å². The predicted octanol–water partition coefficient (Wildman–Crippen LogP) is 4.32. The van der Waals surface area contributed by atoms with Crippen molar-refractivity contribution in [3.8, 4) is 5.75 Å². The number of likely N-dealkylation sites (tertiary alicyclic amines) is 1. The molecule has 0 bridgehead atoms. The molecule has 5 nitrogen and oxygen atoms in total. The van der Waals surface area contributed by atoms with E-state index in [0.717, 1.165) is 17.4 Å². The Bertz CT molecular complexity index is 947. The molecule has 1 aliphatic rings. The van der Waals surface area contributed by atoms with Gasteiger partial charge in [0.25, 0.3) is 0 Å². The van der Waals surface area contributed by atoms with Gasteiger partial charge in [0.1, 0.15) is 17.4 Å². The Balaban J connectivity index is 1.73. The molecule has 1 amide bonds. The number of hydrogen-bond acceptors (Lipinski definition) is 4. The maximum Gasteiger partial charge on any atom is 0.314 e. The first-order valence-corrected chi connectivity index (χ1v) is 10.9. The number of ether oxygens (including phenoxy) is 2. The van der Waals surface area contributed by atoms with Crippen LogP contribution in [-0.2, 0) is 27.2 Å². The van der Waals surface area contributed by atoms with Crippen LogP contribution in [0.4, 0.5) is 8.78 Å². The molecule has 2 aromatic rings. The van der Waals surface area contributed by atoms with Crippen molar-refractivity contribution < 1.29 is 27.8 Å². The lowest BCUT2D eigenvalue weighted by Crippen LogP contribution is -2.51. The van der Waals surface area contributed by atoms with E-state index in [9.17, 15) is 18.4 Å². The summed E-state index contributed by atoms with van der Waals surface area (Å²) in [6.07, 6.45) is 2.01. The highest BCUT2D eigenvalue weighted by Gasteiger charge is 2.45. The number of esters is 1. The number of nitrogens with zero attached hydrogens (tertiary/aromatic N) is 1. The summed E-state index contributed by atoms with van der Waals surface area (Å²) < 4.78 is 38.2. The van der Waals surface area contributed by atoms with Crippen molar-refractivity contribution in [2.24, 2.45) is 5.41 Å². The molecular weight excluding hydrogens is 416 g/mol. The quantitative estimate of drug-likeness (QED) is 0.568. The molecule has 2 aromatic carbocycles. The molecule has 1 saturated heterocycles. The van der Waals surface area contributed by atoms with E-state index >= 15 is 0 Å². The van der Waals surface area contributed by atoms with E-state index in [2.05, 4.69) is 0 Å². The van der Waals surface area contributed by atoms with Crippen LogP contribution < -0.4 is 4.74 Å². The second kappa shape index (κ2) is 10.6. The maximum absolute atomic E-state index is 14.4. The normalized spacial score (nSPS) is 18.3. The number of amides is 1. The molecule has 0 spiro atoms. The number of aryl methyl sites for hydroxylation is 1. The average Bonchev–Trinajstić information content (AvgIpc) is 2.80. The highest BCUT2D eigenvalue weighted by Crippen LogP contribution is 2.36. The molecule has 0 aliphatic carbocycles. The fraction of sp³-hybridized carbons (Fsp3) is 0.440. The van der Waals surface area contributed by atoms with Gasteiger partial charge in [0, 0.05) is 25.6 Å². The number of methoxy groups -OCH3 is 1. The summed E-state index contributed by atoms with van der Waals surface area (Å²) in [5.74, 6) is -1.12. The Hall–Kier alpha value is -2.96. The predicted molar refractivity (Wildman–Crippen MR) is 116 cm³/mol. The molecule has 1 unspecified atom stereocenters. The summed E-state index contributed by atoms with van der Waals surface area (Å²) >= 11 is 0. The number of carbonyl (C=O) groups excluding carboxylic acids is 2. The van der Waals surface area contributed by atoms with Gasteiger partial charge in [0.2, 0.25) is 5.91 Å². The van der Waals surface area contributed by atoms with Crippen LogP contribution in [0.3, 0.4) is 0 Å². The van der Waals surface area contributed by atoms with E-state index in [4.69, 9.17) is 9.47 Å². The van der Waals surface area contributed by atoms with Crippen LogP contribution in [-0.4, -0.2) is 43.6 Å². The zero-order valence-corrected chi connectivity index (χ0v) is 18.5. The standard InChI is InChI=1S/C25H29F2NO4/c1-3-32-24(30)25(16-19-8-9-20(26)15-22(19)27)13-4-14-28(17-25)23(29)12-7-18-5-10-21(31-2)11-6-18/h5-6,8-11,15H,3-4,7,12-14,16-17H2,1-2H3. The van der Waals surface area contributed by atoms with Crippen LogP contribution >= 0.6 is 0 Å². The second-order valence-electron chi connectivity index (χ2n) is 8.18. The zero-order valence-electron chi connectivity index (χ0n) is 18.5. The minimum Gasteiger partial charge on any atom is -0.497 e. The first-order chi connectivity index (χ1) is 15.4. The van der Waals surface area contributed by atoms with Crippen molar-refractivity contribution >= 4 is 11.9 Å². The third-order valence-electron chi connectivity index (χ3n) is 5.97. The molecule has 0 N–H and O–H groups in total. The summed E-state index contributed by atoms with van der Waals surface area (Å²) in [5, 5.41) is 0. The SMILES string of the molecule is CCOC(=O)C1(Cc2ccc(F)cc2F)CCCN(C(=O)CCc2ccc(OC)cc2)C1. The van der Waals surface area contributed by atoms with Gasteiger partial charge < -0.3 is 14.4 Å². The molecule has 0 radical (unpaired) electrons. The highest BCUT2D eigenvalue weighted by atomic mass is 19.1. The molecular formula is C25H29F2NO4. The number of rotatable bonds is 8. The number of benzene rings is 2. The van der Waals surface area contributed by atoms with Crippen molar-refractivity contribution in [3.05, 3.63) is 65.2 Å². The Morgan fingerprint density at radius 3 is 2.53 bits per heavy atom. The first-order valence-electron chi connectivity index (χ1n) is 10.9. The van der Waals surface area contributed by atoms with Gasteiger partial charge in [-0.15, -0.1) is 0 Å². The van der Waals surface area contributed by atoms with Crippen LogP contribution in [0.1, 0.15) is 37.3 Å². The van der Waals surface area contributed by atoms with Gasteiger partial charge >= 0.3 is 5.97 Å². The molecule has 1 aliphatic heterocycles. The summed E-state index contributed by atoms with van der Waals surface area (Å²) in [5.41, 5.74) is 0.205. The highest BCUT2D eigenvalue weighted by molar-refractivity contribution is 5.81. The minimum atomic E-state index is -1.05. The van der Waals surface area contributed by atoms with Crippen LogP contribution in [0.5, 0.6) is 5.75 Å². The fourth-order valence-corrected chi connectivity index (χ4v) is 4.24. The van der Waals surface area contributed by atoms with E-state index in [1.54, 1.807) is 18.9 Å². The molecule has 1 atom stereocenters. The molecule has 3 rings (SSSR count). The average molecular weight is 446 g/mol. The van der Waals surface area contributed by atoms with Crippen molar-refractivity contribution in [3.63, 3.8) is 0 Å². The summed E-state index contributed by atoms with van der Waals surface area (Å²) in [6, 6.07) is 10.9.